The molecule has 142 valence electrons. The van der Waals surface area contributed by atoms with E-state index in [0.29, 0.717) is 12.6 Å². The summed E-state index contributed by atoms with van der Waals surface area (Å²) in [6.45, 7) is 13.3. The lowest BCUT2D eigenvalue weighted by atomic mass is 10.0. The first-order valence-electron chi connectivity index (χ1n) is 9.95. The highest BCUT2D eigenvalue weighted by Gasteiger charge is 2.21. The summed E-state index contributed by atoms with van der Waals surface area (Å²) in [5.41, 5.74) is 2.18. The molecule has 0 aliphatic carbocycles. The van der Waals surface area contributed by atoms with Crippen molar-refractivity contribution in [3.05, 3.63) is 17.0 Å². The lowest BCUT2D eigenvalue weighted by molar-refractivity contribution is 0.157. The Kier molecular flexibility index (Phi) is 8.25. The predicted molar refractivity (Wildman–Crippen MR) is 103 cm³/mol. The van der Waals surface area contributed by atoms with Crippen LogP contribution >= 0.6 is 0 Å². The number of hydrogen-bond acceptors (Lipinski definition) is 4. The molecule has 6 nitrogen and oxygen atoms in total. The second-order valence-corrected chi connectivity index (χ2v) is 6.59. The Hall–Kier alpha value is -1.56. The lowest BCUT2D eigenvalue weighted by Gasteiger charge is -2.35. The van der Waals surface area contributed by atoms with Crippen LogP contribution in [-0.4, -0.2) is 48.2 Å². The molecule has 0 saturated carbocycles. The molecule has 6 heteroatoms. The molecule has 25 heavy (non-hydrogen) atoms. The van der Waals surface area contributed by atoms with E-state index in [-0.39, 0.29) is 0 Å². The summed E-state index contributed by atoms with van der Waals surface area (Å²) >= 11 is 0. The third-order valence-electron chi connectivity index (χ3n) is 5.01. The fraction of sp³-hybridized carbons (Fsp3) is 0.789. The van der Waals surface area contributed by atoms with E-state index in [0.717, 1.165) is 55.5 Å². The second-order valence-electron chi connectivity index (χ2n) is 6.59. The third-order valence-corrected chi connectivity index (χ3v) is 5.01. The number of likely N-dealkylation sites (N-methyl/N-ethyl adjacent to an activating group) is 1. The lowest BCUT2D eigenvalue weighted by Crippen LogP contribution is -2.49. The highest BCUT2D eigenvalue weighted by molar-refractivity contribution is 5.79. The van der Waals surface area contributed by atoms with Crippen molar-refractivity contribution < 1.29 is 4.52 Å². The number of hydrogen-bond donors (Lipinski definition) is 2. The summed E-state index contributed by atoms with van der Waals surface area (Å²) in [6.07, 6.45) is 5.66. The molecule has 1 aromatic heterocycles. The first-order chi connectivity index (χ1) is 12.2. The number of nitrogens with one attached hydrogen (secondary N) is 2. The number of aryl methyl sites for hydroxylation is 2. The van der Waals surface area contributed by atoms with Crippen molar-refractivity contribution in [1.29, 1.82) is 0 Å². The van der Waals surface area contributed by atoms with Crippen molar-refractivity contribution in [3.63, 3.8) is 0 Å². The average Bonchev–Trinajstić information content (AvgIpc) is 3.06. The fourth-order valence-corrected chi connectivity index (χ4v) is 3.54. The van der Waals surface area contributed by atoms with Crippen molar-refractivity contribution in [2.45, 2.75) is 72.4 Å². The molecule has 1 aromatic rings. The molecule has 1 aliphatic heterocycles. The maximum absolute atomic E-state index is 5.45. The Morgan fingerprint density at radius 3 is 2.72 bits per heavy atom. The van der Waals surface area contributed by atoms with Gasteiger partial charge in [-0.2, -0.15) is 0 Å². The van der Waals surface area contributed by atoms with E-state index in [4.69, 9.17) is 9.52 Å². The van der Waals surface area contributed by atoms with E-state index in [1.54, 1.807) is 0 Å². The number of rotatable bonds is 8. The maximum atomic E-state index is 5.45. The summed E-state index contributed by atoms with van der Waals surface area (Å²) < 4.78 is 5.45. The predicted octanol–water partition coefficient (Wildman–Crippen LogP) is 2.73. The Morgan fingerprint density at radius 2 is 2.04 bits per heavy atom. The van der Waals surface area contributed by atoms with Gasteiger partial charge in [-0.05, 0) is 39.3 Å². The molecule has 1 atom stereocenters. The molecule has 2 rings (SSSR count). The van der Waals surface area contributed by atoms with Crippen molar-refractivity contribution in [2.24, 2.45) is 4.99 Å². The average molecular weight is 350 g/mol. The number of piperidine rings is 1. The van der Waals surface area contributed by atoms with Crippen molar-refractivity contribution >= 4 is 5.96 Å². The van der Waals surface area contributed by atoms with Gasteiger partial charge in [0.15, 0.2) is 5.96 Å². The molecule has 1 unspecified atom stereocenters. The van der Waals surface area contributed by atoms with Crippen LogP contribution in [0.25, 0.3) is 0 Å². The Bertz CT molecular complexity index is 518. The molecule has 2 heterocycles. The molecule has 2 N–H and O–H groups in total. The number of aliphatic imine (C=N–C) groups is 1. The van der Waals surface area contributed by atoms with E-state index in [2.05, 4.69) is 48.4 Å². The Labute approximate surface area is 152 Å². The van der Waals surface area contributed by atoms with Crippen LogP contribution in [0.1, 0.15) is 64.0 Å². The molecule has 0 spiro atoms. The quantitative estimate of drug-likeness (QED) is 0.558. The largest absolute Gasteiger partial charge is 0.361 e. The van der Waals surface area contributed by atoms with Gasteiger partial charge in [0.2, 0.25) is 0 Å². The van der Waals surface area contributed by atoms with Gasteiger partial charge in [0.1, 0.15) is 5.76 Å². The highest BCUT2D eigenvalue weighted by atomic mass is 16.5. The van der Waals surface area contributed by atoms with Crippen molar-refractivity contribution in [3.8, 4) is 0 Å². The van der Waals surface area contributed by atoms with Crippen LogP contribution in [0.4, 0.5) is 0 Å². The Balaban J connectivity index is 1.99. The number of nitrogens with zero attached hydrogens (tertiary/aromatic N) is 3. The van der Waals surface area contributed by atoms with E-state index in [9.17, 15) is 0 Å². The van der Waals surface area contributed by atoms with Gasteiger partial charge in [-0.3, -0.25) is 4.90 Å². The monoisotopic (exact) mass is 349 g/mol. The van der Waals surface area contributed by atoms with Gasteiger partial charge in [-0.25, -0.2) is 4.99 Å². The highest BCUT2D eigenvalue weighted by Crippen LogP contribution is 2.17. The molecule has 0 amide bonds. The van der Waals surface area contributed by atoms with Crippen LogP contribution in [0, 0.1) is 0 Å². The number of likely N-dealkylation sites (tertiary alicyclic amines) is 1. The minimum Gasteiger partial charge on any atom is -0.361 e. The molecule has 1 saturated heterocycles. The summed E-state index contributed by atoms with van der Waals surface area (Å²) in [5.74, 6) is 1.84. The summed E-state index contributed by atoms with van der Waals surface area (Å²) in [4.78, 5) is 7.36. The van der Waals surface area contributed by atoms with Gasteiger partial charge < -0.3 is 15.2 Å². The number of guanidine groups is 1. The zero-order valence-electron chi connectivity index (χ0n) is 16.4. The van der Waals surface area contributed by atoms with E-state index >= 15 is 0 Å². The van der Waals surface area contributed by atoms with E-state index in [1.165, 1.54) is 25.8 Å². The van der Waals surface area contributed by atoms with Gasteiger partial charge in [0.25, 0.3) is 0 Å². The standard InChI is InChI=1S/C19H35N5O/c1-5-17-16(18(6-2)25-23-17)14-22-19(20-7-3)21-13-15-11-9-10-12-24(15)8-4/h15H,5-14H2,1-4H3,(H2,20,21,22). The normalized spacial score (nSPS) is 19.2. The van der Waals surface area contributed by atoms with Crippen molar-refractivity contribution in [2.75, 3.05) is 26.2 Å². The van der Waals surface area contributed by atoms with Crippen LogP contribution < -0.4 is 10.6 Å². The minimum atomic E-state index is 0.607. The molecule has 1 fully saturated rings. The van der Waals surface area contributed by atoms with Gasteiger partial charge >= 0.3 is 0 Å². The molecular formula is C19H35N5O. The summed E-state index contributed by atoms with van der Waals surface area (Å²) in [7, 11) is 0. The van der Waals surface area contributed by atoms with Crippen LogP contribution in [0.15, 0.2) is 9.52 Å². The summed E-state index contributed by atoms with van der Waals surface area (Å²) in [5, 5.41) is 11.1. The SMILES string of the molecule is CCNC(=NCc1c(CC)noc1CC)NCC1CCCCN1CC. The zero-order chi connectivity index (χ0) is 18.1. The Morgan fingerprint density at radius 1 is 1.20 bits per heavy atom. The first-order valence-corrected chi connectivity index (χ1v) is 9.95. The van der Waals surface area contributed by atoms with Crippen molar-refractivity contribution in [1.82, 2.24) is 20.7 Å². The van der Waals surface area contributed by atoms with Crippen LogP contribution in [0.3, 0.4) is 0 Å². The molecule has 1 aliphatic rings. The fourth-order valence-electron chi connectivity index (χ4n) is 3.54. The molecule has 0 bridgehead atoms. The smallest absolute Gasteiger partial charge is 0.191 e. The van der Waals surface area contributed by atoms with Crippen LogP contribution in [-0.2, 0) is 19.4 Å². The van der Waals surface area contributed by atoms with Gasteiger partial charge in [0, 0.05) is 31.1 Å². The van der Waals surface area contributed by atoms with Gasteiger partial charge in [-0.1, -0.05) is 32.3 Å². The third kappa shape index (κ3) is 5.46. The van der Waals surface area contributed by atoms with Gasteiger partial charge in [0.05, 0.1) is 12.2 Å². The summed E-state index contributed by atoms with van der Waals surface area (Å²) in [6, 6.07) is 0.607. The minimum absolute atomic E-state index is 0.607. The molecule has 0 radical (unpaired) electrons. The van der Waals surface area contributed by atoms with Gasteiger partial charge in [-0.15, -0.1) is 0 Å². The number of aromatic nitrogens is 1. The molecule has 0 aromatic carbocycles. The van der Waals surface area contributed by atoms with E-state index in [1.807, 2.05) is 0 Å². The second kappa shape index (κ2) is 10.4. The topological polar surface area (TPSA) is 65.7 Å². The van der Waals surface area contributed by atoms with E-state index < -0.39 is 0 Å². The maximum Gasteiger partial charge on any atom is 0.191 e. The molecular weight excluding hydrogens is 314 g/mol. The van der Waals surface area contributed by atoms with Crippen LogP contribution in [0.2, 0.25) is 0 Å². The zero-order valence-corrected chi connectivity index (χ0v) is 16.4. The first kappa shape index (κ1) is 19.8. The van der Waals surface area contributed by atoms with Crippen LogP contribution in [0.5, 0.6) is 0 Å².